The first kappa shape index (κ1) is 18.7. The summed E-state index contributed by atoms with van der Waals surface area (Å²) in [5, 5.41) is 13.4. The van der Waals surface area contributed by atoms with Crippen LogP contribution < -0.4 is 5.32 Å². The van der Waals surface area contributed by atoms with E-state index in [-0.39, 0.29) is 30.9 Å². The molecule has 0 saturated carbocycles. The summed E-state index contributed by atoms with van der Waals surface area (Å²) >= 11 is 3.35. The molecule has 1 aliphatic heterocycles. The Hall–Kier alpha value is -0.260. The Morgan fingerprint density at radius 3 is 2.53 bits per heavy atom. The molecule has 1 heterocycles. The second kappa shape index (κ2) is 8.82. The quantitative estimate of drug-likeness (QED) is 0.803. The Kier molecular flexibility index (Phi) is 8.70. The van der Waals surface area contributed by atoms with Gasteiger partial charge < -0.3 is 10.4 Å². The third-order valence-corrected chi connectivity index (χ3v) is 3.74. The van der Waals surface area contributed by atoms with Gasteiger partial charge in [-0.25, -0.2) is 0 Å². The molecule has 0 bridgehead atoms. The number of benzene rings is 1. The first-order chi connectivity index (χ1) is 8.24. The highest BCUT2D eigenvalue weighted by Crippen LogP contribution is 2.34. The van der Waals surface area contributed by atoms with Crippen molar-refractivity contribution in [3.63, 3.8) is 0 Å². The summed E-state index contributed by atoms with van der Waals surface area (Å²) in [4.78, 5) is 2.32. The lowest BCUT2D eigenvalue weighted by Crippen LogP contribution is -2.44. The Morgan fingerprint density at radius 1 is 1.32 bits per heavy atom. The molecule has 3 nitrogen and oxygen atoms in total. The molecule has 19 heavy (non-hydrogen) atoms. The Balaban J connectivity index is 0.00000162. The van der Waals surface area contributed by atoms with Crippen molar-refractivity contribution in [2.24, 2.45) is 0 Å². The maximum absolute atomic E-state index is 10.1. The highest BCUT2D eigenvalue weighted by molar-refractivity contribution is 9.10. The maximum Gasteiger partial charge on any atom is 0.134 e. The molecule has 108 valence electrons. The number of piperazine rings is 1. The summed E-state index contributed by atoms with van der Waals surface area (Å²) in [5.41, 5.74) is 0.913. The van der Waals surface area contributed by atoms with Crippen LogP contribution in [0.2, 0.25) is 0 Å². The summed E-state index contributed by atoms with van der Waals surface area (Å²) < 4.78 is 0.733. The molecule has 1 aromatic rings. The molecule has 0 radical (unpaired) electrons. The molecule has 1 atom stereocenters. The lowest BCUT2D eigenvalue weighted by atomic mass is 10.0. The van der Waals surface area contributed by atoms with Gasteiger partial charge in [0.25, 0.3) is 0 Å². The predicted octanol–water partition coefficient (Wildman–Crippen LogP) is 3.13. The van der Waals surface area contributed by atoms with E-state index in [4.69, 9.17) is 0 Å². The molecule has 1 aliphatic rings. The van der Waals surface area contributed by atoms with Gasteiger partial charge in [0.2, 0.25) is 0 Å². The van der Waals surface area contributed by atoms with E-state index in [2.05, 4.69) is 32.7 Å². The van der Waals surface area contributed by atoms with Crippen molar-refractivity contribution < 1.29 is 5.11 Å². The summed E-state index contributed by atoms with van der Waals surface area (Å²) in [7, 11) is 0. The summed E-state index contributed by atoms with van der Waals surface area (Å²) in [6.07, 6.45) is 1.90. The van der Waals surface area contributed by atoms with E-state index in [0.717, 1.165) is 36.2 Å². The number of nitrogens with zero attached hydrogens (tertiary/aromatic N) is 1. The number of para-hydroxylation sites is 1. The van der Waals surface area contributed by atoms with Crippen LogP contribution in [0, 0.1) is 0 Å². The number of nitrogens with one attached hydrogen (secondary N) is 1. The summed E-state index contributed by atoms with van der Waals surface area (Å²) in [6, 6.07) is 5.82. The van der Waals surface area contributed by atoms with Crippen molar-refractivity contribution in [3.8, 4) is 5.75 Å². The third-order valence-electron chi connectivity index (χ3n) is 3.10. The van der Waals surface area contributed by atoms with Gasteiger partial charge in [0.1, 0.15) is 5.75 Å². The van der Waals surface area contributed by atoms with Gasteiger partial charge in [0, 0.05) is 31.7 Å². The molecular formula is C13H19BrCl2N2O. The Labute approximate surface area is 135 Å². The lowest BCUT2D eigenvalue weighted by molar-refractivity contribution is 0.201. The monoisotopic (exact) mass is 368 g/mol. The van der Waals surface area contributed by atoms with E-state index in [1.165, 1.54) is 0 Å². The molecule has 1 aromatic carbocycles. The van der Waals surface area contributed by atoms with Crippen molar-refractivity contribution in [2.45, 2.75) is 6.04 Å². The SMILES string of the molecule is C=C[C@H](c1cccc(Br)c1O)N1CCNCC1.Cl.Cl. The zero-order valence-corrected chi connectivity index (χ0v) is 13.7. The van der Waals surface area contributed by atoms with Gasteiger partial charge in [-0.15, -0.1) is 31.4 Å². The molecule has 0 spiro atoms. The van der Waals surface area contributed by atoms with Gasteiger partial charge in [-0.05, 0) is 22.0 Å². The zero-order chi connectivity index (χ0) is 12.3. The van der Waals surface area contributed by atoms with Crippen LogP contribution >= 0.6 is 40.7 Å². The number of hydrogen-bond donors (Lipinski definition) is 2. The minimum absolute atomic E-state index is 0. The van der Waals surface area contributed by atoms with Crippen LogP contribution in [0.5, 0.6) is 5.75 Å². The summed E-state index contributed by atoms with van der Waals surface area (Å²) in [5.74, 6) is 0.316. The molecule has 1 fully saturated rings. The predicted molar refractivity (Wildman–Crippen MR) is 87.7 cm³/mol. The van der Waals surface area contributed by atoms with Crippen LogP contribution in [0.15, 0.2) is 35.3 Å². The van der Waals surface area contributed by atoms with E-state index < -0.39 is 0 Å². The second-order valence-corrected chi connectivity index (χ2v) is 5.00. The van der Waals surface area contributed by atoms with Crippen molar-refractivity contribution in [2.75, 3.05) is 26.2 Å². The average Bonchev–Trinajstić information content (AvgIpc) is 2.37. The van der Waals surface area contributed by atoms with Crippen LogP contribution in [-0.4, -0.2) is 36.2 Å². The van der Waals surface area contributed by atoms with E-state index in [9.17, 15) is 5.11 Å². The molecule has 2 N–H and O–H groups in total. The van der Waals surface area contributed by atoms with Crippen molar-refractivity contribution in [1.82, 2.24) is 10.2 Å². The van der Waals surface area contributed by atoms with E-state index >= 15 is 0 Å². The fraction of sp³-hybridized carbons (Fsp3) is 0.385. The molecule has 1 saturated heterocycles. The Morgan fingerprint density at radius 2 is 1.95 bits per heavy atom. The summed E-state index contributed by atoms with van der Waals surface area (Å²) in [6.45, 7) is 7.82. The molecule has 0 unspecified atom stereocenters. The van der Waals surface area contributed by atoms with E-state index in [0.29, 0.717) is 5.75 Å². The van der Waals surface area contributed by atoms with Crippen LogP contribution in [0.3, 0.4) is 0 Å². The largest absolute Gasteiger partial charge is 0.506 e. The number of halogens is 3. The molecule has 0 aliphatic carbocycles. The molecular weight excluding hydrogens is 351 g/mol. The minimum atomic E-state index is 0. The van der Waals surface area contributed by atoms with Gasteiger partial charge in [-0.1, -0.05) is 18.2 Å². The number of aromatic hydroxyl groups is 1. The average molecular weight is 370 g/mol. The maximum atomic E-state index is 10.1. The highest BCUT2D eigenvalue weighted by atomic mass is 79.9. The first-order valence-corrected chi connectivity index (χ1v) is 6.58. The molecule has 6 heteroatoms. The van der Waals surface area contributed by atoms with Crippen LogP contribution in [0.1, 0.15) is 11.6 Å². The highest BCUT2D eigenvalue weighted by Gasteiger charge is 2.22. The fourth-order valence-electron chi connectivity index (χ4n) is 2.20. The van der Waals surface area contributed by atoms with E-state index in [1.54, 1.807) is 0 Å². The van der Waals surface area contributed by atoms with Gasteiger partial charge in [-0.2, -0.15) is 0 Å². The topological polar surface area (TPSA) is 35.5 Å². The molecule has 0 aromatic heterocycles. The fourth-order valence-corrected chi connectivity index (χ4v) is 2.59. The number of rotatable bonds is 3. The van der Waals surface area contributed by atoms with Gasteiger partial charge in [-0.3, -0.25) is 4.90 Å². The van der Waals surface area contributed by atoms with Crippen molar-refractivity contribution in [1.29, 1.82) is 0 Å². The van der Waals surface area contributed by atoms with Gasteiger partial charge in [0.15, 0.2) is 0 Å². The van der Waals surface area contributed by atoms with Crippen LogP contribution in [0.25, 0.3) is 0 Å². The number of hydrogen-bond acceptors (Lipinski definition) is 3. The number of phenols is 1. The van der Waals surface area contributed by atoms with E-state index in [1.807, 2.05) is 24.3 Å². The second-order valence-electron chi connectivity index (χ2n) is 4.14. The van der Waals surface area contributed by atoms with Gasteiger partial charge in [0.05, 0.1) is 10.5 Å². The van der Waals surface area contributed by atoms with Crippen LogP contribution in [-0.2, 0) is 0 Å². The van der Waals surface area contributed by atoms with Crippen molar-refractivity contribution in [3.05, 3.63) is 40.9 Å². The third kappa shape index (κ3) is 4.36. The minimum Gasteiger partial charge on any atom is -0.506 e. The van der Waals surface area contributed by atoms with Gasteiger partial charge >= 0.3 is 0 Å². The van der Waals surface area contributed by atoms with Crippen molar-refractivity contribution >= 4 is 40.7 Å². The van der Waals surface area contributed by atoms with Crippen LogP contribution in [0.4, 0.5) is 0 Å². The smallest absolute Gasteiger partial charge is 0.134 e. The zero-order valence-electron chi connectivity index (χ0n) is 10.5. The Bertz CT molecular complexity index is 412. The molecule has 2 rings (SSSR count). The standard InChI is InChI=1S/C13H17BrN2O.2ClH/c1-2-12(16-8-6-15-7-9-16)10-4-3-5-11(14)13(10)17;;/h2-5,12,15,17H,1,6-9H2;2*1H/t12-;;/m1../s1. The number of phenolic OH excluding ortho intramolecular Hbond substituents is 1. The molecule has 0 amide bonds. The lowest BCUT2D eigenvalue weighted by Gasteiger charge is -2.33. The first-order valence-electron chi connectivity index (χ1n) is 5.78. The normalized spacial score (nSPS) is 16.9.